The molecule has 1 heterocycles. The van der Waals surface area contributed by atoms with Gasteiger partial charge in [0.05, 0.1) is 10.6 Å². The Hall–Kier alpha value is -1.24. The summed E-state index contributed by atoms with van der Waals surface area (Å²) in [6, 6.07) is 1.73. The predicted molar refractivity (Wildman–Crippen MR) is 106 cm³/mol. The topological polar surface area (TPSA) is 66.4 Å². The number of carboxylic acids is 1. The maximum Gasteiger partial charge on any atom is 0.348 e. The number of hydrogen-bond acceptors (Lipinski definition) is 3. The zero-order valence-corrected chi connectivity index (χ0v) is 17.4. The standard InChI is InChI=1S/C19H28NO3PS/c1-13-6-8-14(9-7-13)24(5,23)20-16-12-15(10-11-19(2,3)4)25-17(16)18(21)22/h12-14H,6-9H2,1-5H3,(H,20,23)(H,21,22). The van der Waals surface area contributed by atoms with Gasteiger partial charge in [-0.05, 0) is 58.4 Å². The normalized spacial score (nSPS) is 23.2. The average Bonchev–Trinajstić information content (AvgIpc) is 2.87. The highest BCUT2D eigenvalue weighted by Gasteiger charge is 2.32. The maximum atomic E-state index is 13.2. The molecular weight excluding hydrogens is 353 g/mol. The summed E-state index contributed by atoms with van der Waals surface area (Å²) in [5.74, 6) is 5.85. The molecule has 0 saturated heterocycles. The molecule has 2 rings (SSSR count). The molecule has 1 aliphatic rings. The number of hydrogen-bond donors (Lipinski definition) is 2. The van der Waals surface area contributed by atoms with Gasteiger partial charge >= 0.3 is 5.97 Å². The lowest BCUT2D eigenvalue weighted by atomic mass is 9.91. The fraction of sp³-hybridized carbons (Fsp3) is 0.632. The summed E-state index contributed by atoms with van der Waals surface area (Å²) in [5, 5.41) is 12.6. The van der Waals surface area contributed by atoms with Gasteiger partial charge in [-0.3, -0.25) is 0 Å². The van der Waals surface area contributed by atoms with Crippen molar-refractivity contribution in [2.24, 2.45) is 11.3 Å². The molecule has 1 fully saturated rings. The summed E-state index contributed by atoms with van der Waals surface area (Å²) in [6.07, 6.45) is 4.04. The molecule has 0 radical (unpaired) electrons. The number of aromatic carboxylic acids is 1. The molecule has 1 unspecified atom stereocenters. The molecule has 1 aromatic heterocycles. The molecule has 2 N–H and O–H groups in total. The average molecular weight is 381 g/mol. The van der Waals surface area contributed by atoms with E-state index in [1.54, 1.807) is 12.7 Å². The van der Waals surface area contributed by atoms with Crippen molar-refractivity contribution < 1.29 is 14.5 Å². The third-order valence-electron chi connectivity index (χ3n) is 4.51. The Morgan fingerprint density at radius 2 is 1.92 bits per heavy atom. The van der Waals surface area contributed by atoms with Gasteiger partial charge in [-0.15, -0.1) is 11.3 Å². The van der Waals surface area contributed by atoms with Crippen molar-refractivity contribution in [2.45, 2.75) is 59.0 Å². The third kappa shape index (κ3) is 5.62. The first-order valence-electron chi connectivity index (χ1n) is 8.74. The second kappa shape index (κ2) is 7.56. The van der Waals surface area contributed by atoms with Crippen LogP contribution in [0.15, 0.2) is 6.07 Å². The maximum absolute atomic E-state index is 13.2. The highest BCUT2D eigenvalue weighted by molar-refractivity contribution is 7.65. The van der Waals surface area contributed by atoms with Gasteiger partial charge < -0.3 is 14.8 Å². The molecule has 1 atom stereocenters. The summed E-state index contributed by atoms with van der Waals surface area (Å²) >= 11 is 1.14. The van der Waals surface area contributed by atoms with E-state index in [1.165, 1.54) is 0 Å². The Labute approximate surface area is 154 Å². The summed E-state index contributed by atoms with van der Waals surface area (Å²) in [6.45, 7) is 10.0. The molecule has 0 aromatic carbocycles. The molecule has 6 heteroatoms. The largest absolute Gasteiger partial charge is 0.477 e. The fourth-order valence-electron chi connectivity index (χ4n) is 3.01. The lowest BCUT2D eigenvalue weighted by Gasteiger charge is -2.31. The van der Waals surface area contributed by atoms with E-state index in [9.17, 15) is 14.5 Å². The van der Waals surface area contributed by atoms with Crippen LogP contribution in [-0.4, -0.2) is 23.4 Å². The van der Waals surface area contributed by atoms with Crippen LogP contribution in [-0.2, 0) is 4.57 Å². The summed E-state index contributed by atoms with van der Waals surface area (Å²) in [7, 11) is -2.68. The summed E-state index contributed by atoms with van der Waals surface area (Å²) in [5.41, 5.74) is 0.411. The van der Waals surface area contributed by atoms with Gasteiger partial charge in [0.15, 0.2) is 7.29 Å². The first-order valence-corrected chi connectivity index (χ1v) is 11.8. The Morgan fingerprint density at radius 3 is 2.44 bits per heavy atom. The smallest absolute Gasteiger partial charge is 0.348 e. The van der Waals surface area contributed by atoms with E-state index in [0.717, 1.165) is 37.0 Å². The number of nitrogens with one attached hydrogen (secondary N) is 1. The van der Waals surface area contributed by atoms with Gasteiger partial charge in [0.25, 0.3) is 0 Å². The van der Waals surface area contributed by atoms with Crippen LogP contribution in [0.2, 0.25) is 0 Å². The van der Waals surface area contributed by atoms with Crippen LogP contribution >= 0.6 is 18.6 Å². The molecule has 25 heavy (non-hydrogen) atoms. The lowest BCUT2D eigenvalue weighted by Crippen LogP contribution is -2.20. The van der Waals surface area contributed by atoms with Crippen LogP contribution in [0, 0.1) is 23.2 Å². The van der Waals surface area contributed by atoms with E-state index in [2.05, 4.69) is 23.9 Å². The van der Waals surface area contributed by atoms with Crippen LogP contribution in [0.1, 0.15) is 67.9 Å². The molecule has 1 aromatic rings. The van der Waals surface area contributed by atoms with E-state index in [1.807, 2.05) is 20.8 Å². The van der Waals surface area contributed by atoms with Crippen LogP contribution < -0.4 is 5.09 Å². The van der Waals surface area contributed by atoms with Crippen molar-refractivity contribution in [3.05, 3.63) is 15.8 Å². The quantitative estimate of drug-likeness (QED) is 0.515. The summed E-state index contributed by atoms with van der Waals surface area (Å²) < 4.78 is 13.2. The summed E-state index contributed by atoms with van der Waals surface area (Å²) in [4.78, 5) is 12.4. The SMILES string of the molecule is CC1CCC(P(C)(=O)Nc2cc(C#CC(C)(C)C)sc2C(=O)O)CC1. The zero-order valence-electron chi connectivity index (χ0n) is 15.7. The van der Waals surface area contributed by atoms with Gasteiger partial charge in [-0.25, -0.2) is 4.79 Å². The fourth-order valence-corrected chi connectivity index (χ4v) is 6.01. The Bertz CT molecular complexity index is 743. The molecule has 0 spiro atoms. The van der Waals surface area contributed by atoms with E-state index in [0.29, 0.717) is 16.5 Å². The van der Waals surface area contributed by atoms with Crippen molar-refractivity contribution in [1.29, 1.82) is 0 Å². The molecule has 1 saturated carbocycles. The van der Waals surface area contributed by atoms with Gasteiger partial charge in [-0.2, -0.15) is 0 Å². The lowest BCUT2D eigenvalue weighted by molar-refractivity contribution is 0.0703. The molecule has 0 aliphatic heterocycles. The number of carbonyl (C=O) groups is 1. The second-order valence-electron chi connectivity index (χ2n) is 8.17. The van der Waals surface area contributed by atoms with Crippen molar-refractivity contribution in [3.8, 4) is 11.8 Å². The van der Waals surface area contributed by atoms with E-state index < -0.39 is 13.3 Å². The predicted octanol–water partition coefficient (Wildman–Crippen LogP) is 5.74. The van der Waals surface area contributed by atoms with Crippen molar-refractivity contribution in [3.63, 3.8) is 0 Å². The van der Waals surface area contributed by atoms with Gasteiger partial charge in [0.1, 0.15) is 4.88 Å². The third-order valence-corrected chi connectivity index (χ3v) is 8.15. The van der Waals surface area contributed by atoms with Gasteiger partial charge in [0.2, 0.25) is 0 Å². The zero-order chi connectivity index (χ0) is 18.8. The van der Waals surface area contributed by atoms with Gasteiger partial charge in [-0.1, -0.05) is 18.8 Å². The van der Waals surface area contributed by atoms with Crippen LogP contribution in [0.5, 0.6) is 0 Å². The highest BCUT2D eigenvalue weighted by atomic mass is 32.1. The Kier molecular flexibility index (Phi) is 6.07. The number of anilines is 1. The van der Waals surface area contributed by atoms with Crippen molar-refractivity contribution in [2.75, 3.05) is 11.8 Å². The van der Waals surface area contributed by atoms with E-state index in [-0.39, 0.29) is 16.0 Å². The first kappa shape index (κ1) is 20.1. The number of rotatable bonds is 4. The second-order valence-corrected chi connectivity index (χ2v) is 12.2. The Balaban J connectivity index is 2.25. The molecule has 0 amide bonds. The minimum atomic E-state index is -2.68. The van der Waals surface area contributed by atoms with Gasteiger partial charge in [0, 0.05) is 17.7 Å². The highest BCUT2D eigenvalue weighted by Crippen LogP contribution is 2.53. The van der Waals surface area contributed by atoms with Crippen LogP contribution in [0.3, 0.4) is 0 Å². The molecular formula is C19H28NO3PS. The molecule has 0 bridgehead atoms. The minimum absolute atomic E-state index is 0.120. The van der Waals surface area contributed by atoms with E-state index >= 15 is 0 Å². The first-order chi connectivity index (χ1) is 11.5. The molecule has 138 valence electrons. The van der Waals surface area contributed by atoms with Crippen LogP contribution in [0.4, 0.5) is 5.69 Å². The molecule has 1 aliphatic carbocycles. The van der Waals surface area contributed by atoms with Crippen molar-refractivity contribution >= 4 is 30.3 Å². The van der Waals surface area contributed by atoms with Crippen LogP contribution in [0.25, 0.3) is 0 Å². The molecule has 4 nitrogen and oxygen atoms in total. The van der Waals surface area contributed by atoms with E-state index in [4.69, 9.17) is 0 Å². The minimum Gasteiger partial charge on any atom is -0.477 e. The monoisotopic (exact) mass is 381 g/mol. The van der Waals surface area contributed by atoms with Crippen molar-refractivity contribution in [1.82, 2.24) is 0 Å². The number of carboxylic acid groups (broad SMARTS) is 1. The number of thiophene rings is 1. The Morgan fingerprint density at radius 1 is 1.32 bits per heavy atom.